The van der Waals surface area contributed by atoms with Gasteiger partial charge in [0.1, 0.15) is 23.8 Å². The number of anilines is 1. The molecule has 0 amide bonds. The summed E-state index contributed by atoms with van der Waals surface area (Å²) in [5.74, 6) is 0.690. The summed E-state index contributed by atoms with van der Waals surface area (Å²) in [5.41, 5.74) is 0.811. The zero-order chi connectivity index (χ0) is 16.4. The largest absolute Gasteiger partial charge is 0.490 e. The molecule has 1 aromatic heterocycles. The standard InChI is InChI=1S/C17H20FN3O2/c1-12-8-13(2)20-16(19-12)21-7-6-17(22,10-21)11-23-15-5-3-4-14(18)9-15/h3-5,8-9,22H,6-7,10-11H2,1-2H3/t17-/m1/s1. The van der Waals surface area contributed by atoms with Crippen LogP contribution in [0.5, 0.6) is 5.75 Å². The van der Waals surface area contributed by atoms with Crippen LogP contribution < -0.4 is 9.64 Å². The SMILES string of the molecule is Cc1cc(C)nc(N2CC[C@](O)(COc3cccc(F)c3)C2)n1. The lowest BCUT2D eigenvalue weighted by molar-refractivity contribution is 0.0143. The number of rotatable bonds is 4. The Bertz CT molecular complexity index is 690. The lowest BCUT2D eigenvalue weighted by atomic mass is 10.1. The van der Waals surface area contributed by atoms with Crippen LogP contribution in [0, 0.1) is 19.7 Å². The van der Waals surface area contributed by atoms with Crippen LogP contribution in [0.25, 0.3) is 0 Å². The van der Waals surface area contributed by atoms with Gasteiger partial charge >= 0.3 is 0 Å². The van der Waals surface area contributed by atoms with Gasteiger partial charge in [0.05, 0.1) is 6.54 Å². The second-order valence-corrected chi connectivity index (χ2v) is 6.09. The van der Waals surface area contributed by atoms with Crippen LogP contribution in [-0.4, -0.2) is 40.4 Å². The van der Waals surface area contributed by atoms with E-state index in [1.165, 1.54) is 12.1 Å². The van der Waals surface area contributed by atoms with E-state index < -0.39 is 5.60 Å². The van der Waals surface area contributed by atoms with Crippen LogP contribution >= 0.6 is 0 Å². The first-order chi connectivity index (χ1) is 10.9. The zero-order valence-electron chi connectivity index (χ0n) is 13.3. The molecule has 5 nitrogen and oxygen atoms in total. The van der Waals surface area contributed by atoms with Crippen molar-refractivity contribution in [1.82, 2.24) is 9.97 Å². The van der Waals surface area contributed by atoms with Crippen LogP contribution in [-0.2, 0) is 0 Å². The van der Waals surface area contributed by atoms with E-state index in [9.17, 15) is 9.50 Å². The Morgan fingerprint density at radius 3 is 2.70 bits per heavy atom. The van der Waals surface area contributed by atoms with Crippen LogP contribution in [0.15, 0.2) is 30.3 Å². The third-order valence-corrected chi connectivity index (χ3v) is 3.89. The van der Waals surface area contributed by atoms with E-state index in [0.29, 0.717) is 31.2 Å². The van der Waals surface area contributed by atoms with Gasteiger partial charge in [0.15, 0.2) is 0 Å². The molecule has 0 saturated carbocycles. The van der Waals surface area contributed by atoms with Gasteiger partial charge in [-0.25, -0.2) is 14.4 Å². The molecule has 3 rings (SSSR count). The van der Waals surface area contributed by atoms with E-state index in [0.717, 1.165) is 11.4 Å². The van der Waals surface area contributed by atoms with E-state index in [2.05, 4.69) is 9.97 Å². The lowest BCUT2D eigenvalue weighted by Gasteiger charge is -2.23. The quantitative estimate of drug-likeness (QED) is 0.937. The van der Waals surface area contributed by atoms with E-state index in [4.69, 9.17) is 4.74 Å². The fraction of sp³-hybridized carbons (Fsp3) is 0.412. The van der Waals surface area contributed by atoms with Crippen molar-refractivity contribution in [3.8, 4) is 5.75 Å². The van der Waals surface area contributed by atoms with Crippen molar-refractivity contribution in [3.63, 3.8) is 0 Å². The molecule has 23 heavy (non-hydrogen) atoms. The zero-order valence-corrected chi connectivity index (χ0v) is 13.3. The number of nitrogens with zero attached hydrogens (tertiary/aromatic N) is 3. The number of β-amino-alcohol motifs (C(OH)–C–C–N with tert-alkyl or cyclic N) is 1. The van der Waals surface area contributed by atoms with Crippen molar-refractivity contribution in [2.24, 2.45) is 0 Å². The highest BCUT2D eigenvalue weighted by Gasteiger charge is 2.38. The maximum Gasteiger partial charge on any atom is 0.225 e. The summed E-state index contributed by atoms with van der Waals surface area (Å²) in [5, 5.41) is 10.7. The van der Waals surface area contributed by atoms with Gasteiger partial charge in [-0.2, -0.15) is 0 Å². The lowest BCUT2D eigenvalue weighted by Crippen LogP contribution is -2.39. The Morgan fingerprint density at radius 2 is 2.00 bits per heavy atom. The molecule has 0 unspecified atom stereocenters. The van der Waals surface area contributed by atoms with Crippen molar-refractivity contribution in [2.45, 2.75) is 25.9 Å². The number of ether oxygens (including phenoxy) is 1. The van der Waals surface area contributed by atoms with Gasteiger partial charge in [-0.05, 0) is 38.5 Å². The van der Waals surface area contributed by atoms with E-state index in [1.807, 2.05) is 24.8 Å². The van der Waals surface area contributed by atoms with Gasteiger partial charge in [-0.1, -0.05) is 6.07 Å². The average molecular weight is 317 g/mol. The maximum absolute atomic E-state index is 13.2. The number of benzene rings is 1. The van der Waals surface area contributed by atoms with Crippen molar-refractivity contribution in [2.75, 3.05) is 24.6 Å². The van der Waals surface area contributed by atoms with Crippen molar-refractivity contribution in [1.29, 1.82) is 0 Å². The fourth-order valence-electron chi connectivity index (χ4n) is 2.77. The summed E-state index contributed by atoms with van der Waals surface area (Å²) in [6.07, 6.45) is 0.554. The minimum absolute atomic E-state index is 0.109. The number of hydrogen-bond donors (Lipinski definition) is 1. The summed E-state index contributed by atoms with van der Waals surface area (Å²) in [7, 11) is 0. The molecule has 1 saturated heterocycles. The first-order valence-electron chi connectivity index (χ1n) is 7.62. The van der Waals surface area contributed by atoms with Crippen molar-refractivity contribution in [3.05, 3.63) is 47.5 Å². The molecular formula is C17H20FN3O2. The summed E-state index contributed by atoms with van der Waals surface area (Å²) in [4.78, 5) is 10.8. The Balaban J connectivity index is 1.65. The maximum atomic E-state index is 13.2. The van der Waals surface area contributed by atoms with Crippen LogP contribution in [0.1, 0.15) is 17.8 Å². The van der Waals surface area contributed by atoms with Gasteiger partial charge in [0.25, 0.3) is 0 Å². The van der Waals surface area contributed by atoms with E-state index in [-0.39, 0.29) is 12.4 Å². The number of hydrogen-bond acceptors (Lipinski definition) is 5. The van der Waals surface area contributed by atoms with Gasteiger partial charge in [0, 0.05) is 24.0 Å². The first-order valence-corrected chi connectivity index (χ1v) is 7.62. The molecule has 1 aliphatic heterocycles. The Kier molecular flexibility index (Phi) is 4.17. The minimum Gasteiger partial charge on any atom is -0.490 e. The molecule has 0 bridgehead atoms. The fourth-order valence-corrected chi connectivity index (χ4v) is 2.77. The van der Waals surface area contributed by atoms with Crippen molar-refractivity contribution >= 4 is 5.95 Å². The summed E-state index contributed by atoms with van der Waals surface area (Å²) < 4.78 is 18.7. The minimum atomic E-state index is -0.993. The summed E-state index contributed by atoms with van der Waals surface area (Å²) >= 11 is 0. The molecule has 0 spiro atoms. The first kappa shape index (κ1) is 15.7. The molecule has 1 N–H and O–H groups in total. The average Bonchev–Trinajstić information content (AvgIpc) is 2.88. The van der Waals surface area contributed by atoms with E-state index >= 15 is 0 Å². The third-order valence-electron chi connectivity index (χ3n) is 3.89. The molecule has 6 heteroatoms. The molecule has 1 atom stereocenters. The Hall–Kier alpha value is -2.21. The van der Waals surface area contributed by atoms with Crippen LogP contribution in [0.2, 0.25) is 0 Å². The highest BCUT2D eigenvalue weighted by molar-refractivity contribution is 5.35. The van der Waals surface area contributed by atoms with Gasteiger partial charge in [-0.3, -0.25) is 0 Å². The molecule has 0 aliphatic carbocycles. The normalized spacial score (nSPS) is 20.8. The van der Waals surface area contributed by atoms with Gasteiger partial charge < -0.3 is 14.7 Å². The highest BCUT2D eigenvalue weighted by Crippen LogP contribution is 2.26. The van der Waals surface area contributed by atoms with Gasteiger partial charge in [0.2, 0.25) is 5.95 Å². The number of aromatic nitrogens is 2. The van der Waals surface area contributed by atoms with Gasteiger partial charge in [-0.15, -0.1) is 0 Å². The number of halogens is 1. The second-order valence-electron chi connectivity index (χ2n) is 6.09. The van der Waals surface area contributed by atoms with Crippen LogP contribution in [0.4, 0.5) is 10.3 Å². The molecule has 1 fully saturated rings. The molecule has 2 aromatic rings. The molecule has 1 aliphatic rings. The molecule has 122 valence electrons. The predicted molar refractivity (Wildman–Crippen MR) is 85.2 cm³/mol. The second kappa shape index (κ2) is 6.12. The molecule has 2 heterocycles. The topological polar surface area (TPSA) is 58.5 Å². The molecule has 1 aromatic carbocycles. The number of aliphatic hydroxyl groups is 1. The molecular weight excluding hydrogens is 297 g/mol. The summed E-state index contributed by atoms with van der Waals surface area (Å²) in [6.45, 7) is 5.01. The van der Waals surface area contributed by atoms with E-state index in [1.54, 1.807) is 12.1 Å². The molecule has 0 radical (unpaired) electrons. The predicted octanol–water partition coefficient (Wildman–Crippen LogP) is 2.25. The Morgan fingerprint density at radius 1 is 1.26 bits per heavy atom. The highest BCUT2D eigenvalue weighted by atomic mass is 19.1. The van der Waals surface area contributed by atoms with Crippen LogP contribution in [0.3, 0.4) is 0 Å². The number of aryl methyl sites for hydroxylation is 2. The monoisotopic (exact) mass is 317 g/mol. The summed E-state index contributed by atoms with van der Waals surface area (Å²) in [6, 6.07) is 7.84. The smallest absolute Gasteiger partial charge is 0.225 e. The van der Waals surface area contributed by atoms with Crippen molar-refractivity contribution < 1.29 is 14.2 Å². The Labute approximate surface area is 134 Å². The third kappa shape index (κ3) is 3.76.